The lowest BCUT2D eigenvalue weighted by atomic mass is 10.2. The molecular formula is C22H26ClN4O2+. The highest BCUT2D eigenvalue weighted by Gasteiger charge is 2.20. The maximum atomic E-state index is 12.0. The normalized spacial score (nSPS) is 14.7. The molecule has 1 fully saturated rings. The molecule has 0 aromatic heterocycles. The van der Waals surface area contributed by atoms with Crippen molar-refractivity contribution in [1.29, 1.82) is 0 Å². The second-order valence-corrected chi connectivity index (χ2v) is 7.43. The molecule has 1 saturated heterocycles. The smallest absolute Gasteiger partial charge is 0.262 e. The zero-order chi connectivity index (χ0) is 20.5. The first-order chi connectivity index (χ1) is 14.1. The topological polar surface area (TPSA) is 65.9 Å². The molecule has 152 valence electrons. The summed E-state index contributed by atoms with van der Waals surface area (Å²) >= 11 is 5.90. The van der Waals surface area contributed by atoms with Crippen molar-refractivity contribution in [2.45, 2.75) is 6.42 Å². The van der Waals surface area contributed by atoms with Crippen molar-refractivity contribution in [2.75, 3.05) is 37.6 Å². The second-order valence-electron chi connectivity index (χ2n) is 7.00. The van der Waals surface area contributed by atoms with E-state index < -0.39 is 0 Å². The molecule has 0 bridgehead atoms. The Morgan fingerprint density at radius 3 is 2.52 bits per heavy atom. The fourth-order valence-corrected chi connectivity index (χ4v) is 3.48. The zero-order valence-corrected chi connectivity index (χ0v) is 17.0. The van der Waals surface area contributed by atoms with E-state index in [1.807, 2.05) is 18.2 Å². The Hall–Kier alpha value is -2.83. The number of para-hydroxylation sites is 1. The molecule has 1 heterocycles. The van der Waals surface area contributed by atoms with Crippen molar-refractivity contribution in [1.82, 2.24) is 10.9 Å². The van der Waals surface area contributed by atoms with Gasteiger partial charge < -0.3 is 9.80 Å². The number of nitrogens with zero attached hydrogens (tertiary/aromatic N) is 1. The third-order valence-electron chi connectivity index (χ3n) is 4.90. The van der Waals surface area contributed by atoms with E-state index in [-0.39, 0.29) is 11.8 Å². The van der Waals surface area contributed by atoms with Crippen molar-refractivity contribution < 1.29 is 14.5 Å². The largest absolute Gasteiger partial charge is 0.360 e. The predicted octanol–water partition coefficient (Wildman–Crippen LogP) is 1.30. The zero-order valence-electron chi connectivity index (χ0n) is 16.2. The van der Waals surface area contributed by atoms with Crippen LogP contribution in [0.3, 0.4) is 0 Å². The Bertz CT molecular complexity index is 849. The summed E-state index contributed by atoms with van der Waals surface area (Å²) in [5, 5.41) is 0.605. The Morgan fingerprint density at radius 1 is 1.03 bits per heavy atom. The van der Waals surface area contributed by atoms with Gasteiger partial charge in [0.25, 0.3) is 5.91 Å². The SMILES string of the molecule is O=C(/C=C/c1cccc(Cl)c1)NNC(=O)CC[NH+]1CCN(c2ccccc2)CC1. The number of benzene rings is 2. The molecule has 0 atom stereocenters. The number of quaternary nitrogens is 1. The Kier molecular flexibility index (Phi) is 7.67. The van der Waals surface area contributed by atoms with E-state index in [1.165, 1.54) is 16.7 Å². The summed E-state index contributed by atoms with van der Waals surface area (Å²) in [5.74, 6) is -0.574. The summed E-state index contributed by atoms with van der Waals surface area (Å²) in [6.45, 7) is 4.70. The molecule has 2 aromatic carbocycles. The molecule has 0 unspecified atom stereocenters. The lowest BCUT2D eigenvalue weighted by Gasteiger charge is -2.33. The minimum absolute atomic E-state index is 0.188. The summed E-state index contributed by atoms with van der Waals surface area (Å²) in [7, 11) is 0. The van der Waals surface area contributed by atoms with Gasteiger partial charge in [-0.05, 0) is 35.9 Å². The average molecular weight is 414 g/mol. The third kappa shape index (κ3) is 6.93. The molecule has 29 heavy (non-hydrogen) atoms. The number of carbonyl (C=O) groups is 2. The lowest BCUT2D eigenvalue weighted by molar-refractivity contribution is -0.900. The van der Waals surface area contributed by atoms with Crippen molar-refractivity contribution in [2.24, 2.45) is 0 Å². The summed E-state index contributed by atoms with van der Waals surface area (Å²) in [4.78, 5) is 27.6. The minimum atomic E-state index is -0.387. The van der Waals surface area contributed by atoms with Gasteiger partial charge in [-0.15, -0.1) is 0 Å². The molecular weight excluding hydrogens is 388 g/mol. The molecule has 7 heteroatoms. The first-order valence-corrected chi connectivity index (χ1v) is 10.1. The molecule has 3 N–H and O–H groups in total. The molecule has 0 saturated carbocycles. The van der Waals surface area contributed by atoms with Gasteiger partial charge in [0.05, 0.1) is 39.1 Å². The molecule has 1 aliphatic heterocycles. The fraction of sp³-hybridized carbons (Fsp3) is 0.273. The van der Waals surface area contributed by atoms with Gasteiger partial charge in [0.2, 0.25) is 5.91 Å². The van der Waals surface area contributed by atoms with Gasteiger partial charge in [-0.1, -0.05) is 41.9 Å². The summed E-state index contributed by atoms with van der Waals surface area (Å²) in [5.41, 5.74) is 6.94. The molecule has 1 aliphatic rings. The van der Waals surface area contributed by atoms with E-state index in [2.05, 4.69) is 40.0 Å². The first kappa shape index (κ1) is 20.9. The van der Waals surface area contributed by atoms with Crippen LogP contribution >= 0.6 is 11.6 Å². The number of nitrogens with one attached hydrogen (secondary N) is 3. The van der Waals surface area contributed by atoms with Crippen LogP contribution in [0.1, 0.15) is 12.0 Å². The fourth-order valence-electron chi connectivity index (χ4n) is 3.28. The molecule has 0 aliphatic carbocycles. The van der Waals surface area contributed by atoms with Crippen LogP contribution in [0, 0.1) is 0 Å². The number of carbonyl (C=O) groups excluding carboxylic acids is 2. The number of hydrazine groups is 1. The van der Waals surface area contributed by atoms with E-state index in [4.69, 9.17) is 11.6 Å². The predicted molar refractivity (Wildman–Crippen MR) is 116 cm³/mol. The van der Waals surface area contributed by atoms with Crippen LogP contribution in [0.5, 0.6) is 0 Å². The van der Waals surface area contributed by atoms with Crippen molar-refractivity contribution in [3.8, 4) is 0 Å². The number of amides is 2. The maximum absolute atomic E-state index is 12.0. The van der Waals surface area contributed by atoms with Crippen LogP contribution in [-0.4, -0.2) is 44.5 Å². The lowest BCUT2D eigenvalue weighted by Crippen LogP contribution is -3.15. The Labute approximate surface area is 176 Å². The number of hydrogen-bond donors (Lipinski definition) is 3. The van der Waals surface area contributed by atoms with Gasteiger partial charge in [-0.25, -0.2) is 0 Å². The molecule has 3 rings (SSSR count). The van der Waals surface area contributed by atoms with Crippen LogP contribution in [-0.2, 0) is 9.59 Å². The van der Waals surface area contributed by atoms with Gasteiger partial charge in [0, 0.05) is 16.8 Å². The van der Waals surface area contributed by atoms with Gasteiger partial charge in [0.15, 0.2) is 0 Å². The van der Waals surface area contributed by atoms with Crippen LogP contribution < -0.4 is 20.7 Å². The van der Waals surface area contributed by atoms with Gasteiger partial charge in [-0.3, -0.25) is 20.4 Å². The maximum Gasteiger partial charge on any atom is 0.262 e. The minimum Gasteiger partial charge on any atom is -0.360 e. The van der Waals surface area contributed by atoms with E-state index >= 15 is 0 Å². The van der Waals surface area contributed by atoms with Crippen LogP contribution in [0.25, 0.3) is 6.08 Å². The van der Waals surface area contributed by atoms with E-state index in [0.717, 1.165) is 38.3 Å². The van der Waals surface area contributed by atoms with Gasteiger partial charge >= 0.3 is 0 Å². The number of piperazine rings is 1. The van der Waals surface area contributed by atoms with E-state index in [0.29, 0.717) is 11.4 Å². The second kappa shape index (κ2) is 10.6. The first-order valence-electron chi connectivity index (χ1n) is 9.76. The molecule has 2 aromatic rings. The highest BCUT2D eigenvalue weighted by Crippen LogP contribution is 2.12. The Balaban J connectivity index is 1.32. The highest BCUT2D eigenvalue weighted by molar-refractivity contribution is 6.30. The average Bonchev–Trinajstić information content (AvgIpc) is 2.76. The monoisotopic (exact) mass is 413 g/mol. The number of rotatable bonds is 6. The number of anilines is 1. The highest BCUT2D eigenvalue weighted by atomic mass is 35.5. The van der Waals surface area contributed by atoms with Crippen LogP contribution in [0.15, 0.2) is 60.7 Å². The standard InChI is InChI=1S/C22H25ClN4O2/c23-19-6-4-5-18(17-19)9-10-21(28)24-25-22(29)11-12-26-13-15-27(16-14-26)20-7-2-1-3-8-20/h1-10,17H,11-16H2,(H,24,28)(H,25,29)/p+1/b10-9+. The summed E-state index contributed by atoms with van der Waals surface area (Å²) in [6.07, 6.45) is 3.38. The van der Waals surface area contributed by atoms with E-state index in [1.54, 1.807) is 18.2 Å². The third-order valence-corrected chi connectivity index (χ3v) is 5.13. The molecule has 6 nitrogen and oxygen atoms in total. The summed E-state index contributed by atoms with van der Waals surface area (Å²) in [6, 6.07) is 17.6. The molecule has 0 spiro atoms. The van der Waals surface area contributed by atoms with Gasteiger partial charge in [0.1, 0.15) is 0 Å². The van der Waals surface area contributed by atoms with Crippen molar-refractivity contribution in [3.05, 3.63) is 71.3 Å². The quantitative estimate of drug-likeness (QED) is 0.494. The molecule has 0 radical (unpaired) electrons. The summed E-state index contributed by atoms with van der Waals surface area (Å²) < 4.78 is 0. The van der Waals surface area contributed by atoms with Crippen LogP contribution in [0.2, 0.25) is 5.02 Å². The number of halogens is 1. The van der Waals surface area contributed by atoms with Crippen molar-refractivity contribution in [3.63, 3.8) is 0 Å². The van der Waals surface area contributed by atoms with E-state index in [9.17, 15) is 9.59 Å². The number of hydrogen-bond acceptors (Lipinski definition) is 3. The van der Waals surface area contributed by atoms with Crippen molar-refractivity contribution >= 4 is 35.2 Å². The van der Waals surface area contributed by atoms with Gasteiger partial charge in [-0.2, -0.15) is 0 Å². The van der Waals surface area contributed by atoms with Crippen LogP contribution in [0.4, 0.5) is 5.69 Å². The molecule has 2 amide bonds. The Morgan fingerprint density at radius 2 is 1.79 bits per heavy atom.